The van der Waals surface area contributed by atoms with E-state index >= 15 is 0 Å². The van der Waals surface area contributed by atoms with E-state index < -0.39 is 5.91 Å². The summed E-state index contributed by atoms with van der Waals surface area (Å²) in [5.41, 5.74) is 9.16. The fourth-order valence-corrected chi connectivity index (χ4v) is 3.04. The Kier molecular flexibility index (Phi) is 4.29. The Morgan fingerprint density at radius 3 is 2.78 bits per heavy atom. The van der Waals surface area contributed by atoms with Crippen molar-refractivity contribution in [3.8, 4) is 0 Å². The van der Waals surface area contributed by atoms with E-state index in [-0.39, 0.29) is 12.5 Å². The van der Waals surface area contributed by atoms with Crippen LogP contribution in [0.25, 0.3) is 0 Å². The van der Waals surface area contributed by atoms with Gasteiger partial charge in [-0.25, -0.2) is 4.99 Å². The molecule has 0 atom stereocenters. The fraction of sp³-hybridized carbons (Fsp3) is 0.158. The van der Waals surface area contributed by atoms with Gasteiger partial charge >= 0.3 is 0 Å². The van der Waals surface area contributed by atoms with E-state index in [0.29, 0.717) is 24.8 Å². The van der Waals surface area contributed by atoms with Crippen LogP contribution in [0.1, 0.15) is 16.7 Å². The van der Waals surface area contributed by atoms with Crippen LogP contribution in [-0.4, -0.2) is 41.5 Å². The predicted molar refractivity (Wildman–Crippen MR) is 99.3 cm³/mol. The number of nitrogens with two attached hydrogens (primary N) is 1. The van der Waals surface area contributed by atoms with Gasteiger partial charge in [0.2, 0.25) is 11.9 Å². The number of oxime groups is 1. The first-order valence-electron chi connectivity index (χ1n) is 8.40. The smallest absolute Gasteiger partial charge is 0.258 e. The Labute approximate surface area is 155 Å². The van der Waals surface area contributed by atoms with E-state index in [1.807, 2.05) is 53.4 Å². The highest BCUT2D eigenvalue weighted by Gasteiger charge is 2.29. The van der Waals surface area contributed by atoms with E-state index in [9.17, 15) is 9.59 Å². The minimum absolute atomic E-state index is 0.0619. The molecule has 27 heavy (non-hydrogen) atoms. The first-order valence-corrected chi connectivity index (χ1v) is 8.40. The zero-order valence-corrected chi connectivity index (χ0v) is 14.4. The second kappa shape index (κ2) is 6.91. The van der Waals surface area contributed by atoms with Crippen LogP contribution in [0.2, 0.25) is 0 Å². The lowest BCUT2D eigenvalue weighted by Gasteiger charge is -2.23. The van der Waals surface area contributed by atoms with Gasteiger partial charge in [-0.3, -0.25) is 14.9 Å². The Morgan fingerprint density at radius 1 is 1.19 bits per heavy atom. The average molecular weight is 363 g/mol. The molecule has 8 heteroatoms. The van der Waals surface area contributed by atoms with Crippen molar-refractivity contribution in [1.29, 1.82) is 0 Å². The van der Waals surface area contributed by atoms with E-state index in [4.69, 9.17) is 10.6 Å². The third-order valence-corrected chi connectivity index (χ3v) is 4.24. The molecule has 2 aromatic carbocycles. The van der Waals surface area contributed by atoms with Gasteiger partial charge in [-0.1, -0.05) is 41.6 Å². The van der Waals surface area contributed by atoms with Gasteiger partial charge in [0.1, 0.15) is 12.3 Å². The number of guanidine groups is 1. The minimum Gasteiger partial charge on any atom is -0.385 e. The maximum Gasteiger partial charge on any atom is 0.258 e. The summed E-state index contributed by atoms with van der Waals surface area (Å²) in [5, 5.41) is 6.88. The summed E-state index contributed by atoms with van der Waals surface area (Å²) in [6, 6.07) is 15.3. The number of carbonyl (C=O) groups is 2. The number of fused-ring (bicyclic) bond motifs is 2. The van der Waals surface area contributed by atoms with Gasteiger partial charge in [-0.15, -0.1) is 0 Å². The molecule has 2 aromatic rings. The molecule has 2 aliphatic rings. The molecule has 136 valence electrons. The lowest BCUT2D eigenvalue weighted by atomic mass is 9.99. The van der Waals surface area contributed by atoms with Crippen LogP contribution in [0, 0.1) is 0 Å². The molecule has 0 unspecified atom stereocenters. The van der Waals surface area contributed by atoms with Crippen molar-refractivity contribution in [2.75, 3.05) is 13.2 Å². The Hall–Kier alpha value is -3.68. The van der Waals surface area contributed by atoms with E-state index in [1.165, 1.54) is 0 Å². The second-order valence-corrected chi connectivity index (χ2v) is 6.23. The summed E-state index contributed by atoms with van der Waals surface area (Å²) < 4.78 is 0. The van der Waals surface area contributed by atoms with Crippen molar-refractivity contribution in [2.24, 2.45) is 15.9 Å². The van der Waals surface area contributed by atoms with Crippen LogP contribution < -0.4 is 11.1 Å². The summed E-state index contributed by atoms with van der Waals surface area (Å²) in [4.78, 5) is 34.0. The number of hydrogen-bond donors (Lipinski definition) is 2. The zero-order valence-electron chi connectivity index (χ0n) is 14.4. The first-order chi connectivity index (χ1) is 13.1. The normalized spacial score (nSPS) is 15.6. The lowest BCUT2D eigenvalue weighted by molar-refractivity contribution is -0.122. The fourth-order valence-electron chi connectivity index (χ4n) is 3.04. The van der Waals surface area contributed by atoms with Gasteiger partial charge in [-0.05, 0) is 17.7 Å². The highest BCUT2D eigenvalue weighted by molar-refractivity contribution is 6.13. The van der Waals surface area contributed by atoms with Crippen LogP contribution in [0.3, 0.4) is 0 Å². The number of aliphatic imine (C=N–C) groups is 1. The number of carbonyl (C=O) groups excluding carboxylic acids is 2. The number of rotatable bonds is 5. The van der Waals surface area contributed by atoms with Gasteiger partial charge < -0.3 is 15.5 Å². The summed E-state index contributed by atoms with van der Waals surface area (Å²) >= 11 is 0. The monoisotopic (exact) mass is 363 g/mol. The Bertz CT molecular complexity index is 969. The molecule has 1 fully saturated rings. The van der Waals surface area contributed by atoms with Crippen molar-refractivity contribution in [2.45, 2.75) is 6.54 Å². The van der Waals surface area contributed by atoms with Crippen LogP contribution in [0.15, 0.2) is 58.7 Å². The molecule has 0 bridgehead atoms. The van der Waals surface area contributed by atoms with Crippen LogP contribution in [0.4, 0.5) is 5.69 Å². The molecule has 2 amide bonds. The summed E-state index contributed by atoms with van der Waals surface area (Å²) in [6.45, 7) is 0.575. The quantitative estimate of drug-likeness (QED) is 0.607. The maximum absolute atomic E-state index is 11.6. The molecule has 0 radical (unpaired) electrons. The molecule has 4 rings (SSSR count). The van der Waals surface area contributed by atoms with Gasteiger partial charge in [0.15, 0.2) is 6.61 Å². The van der Waals surface area contributed by atoms with Gasteiger partial charge in [0.25, 0.3) is 5.91 Å². The van der Waals surface area contributed by atoms with Crippen LogP contribution in [0.5, 0.6) is 0 Å². The topological polar surface area (TPSA) is 109 Å². The van der Waals surface area contributed by atoms with Gasteiger partial charge in [0, 0.05) is 17.7 Å². The number of nitrogens with one attached hydrogen (secondary N) is 1. The van der Waals surface area contributed by atoms with Crippen LogP contribution >= 0.6 is 0 Å². The molecule has 2 heterocycles. The SMILES string of the molecule is NC(=O)CON=C(c1ccccc1)c1ccc2c(c1)CN1CC(=O)NC1=N2. The molecular formula is C19H17N5O3. The van der Waals surface area contributed by atoms with Crippen molar-refractivity contribution in [3.05, 3.63) is 65.2 Å². The molecule has 0 saturated carbocycles. The third-order valence-electron chi connectivity index (χ3n) is 4.24. The molecule has 8 nitrogen and oxygen atoms in total. The highest BCUT2D eigenvalue weighted by atomic mass is 16.6. The number of benzene rings is 2. The molecule has 2 aliphatic heterocycles. The van der Waals surface area contributed by atoms with Crippen molar-refractivity contribution < 1.29 is 14.4 Å². The summed E-state index contributed by atoms with van der Waals surface area (Å²) in [6.07, 6.45) is 0. The van der Waals surface area contributed by atoms with Crippen molar-refractivity contribution in [1.82, 2.24) is 10.2 Å². The maximum atomic E-state index is 11.6. The first kappa shape index (κ1) is 16.8. The molecule has 0 aromatic heterocycles. The van der Waals surface area contributed by atoms with Crippen LogP contribution in [-0.2, 0) is 21.0 Å². The third kappa shape index (κ3) is 3.50. The Morgan fingerprint density at radius 2 is 2.00 bits per heavy atom. The standard InChI is InChI=1S/C19H17N5O3/c20-16(25)11-27-23-18(12-4-2-1-3-5-12)13-6-7-15-14(8-13)9-24-10-17(26)22-19(24)21-15/h1-8H,9-11H2,(H2,20,25)(H,21,22,26). The predicted octanol–water partition coefficient (Wildman–Crippen LogP) is 0.874. The number of hydrogen-bond acceptors (Lipinski definition) is 6. The summed E-state index contributed by atoms with van der Waals surface area (Å²) in [7, 11) is 0. The number of amides is 2. The number of primary amides is 1. The molecule has 3 N–H and O–H groups in total. The van der Waals surface area contributed by atoms with E-state index in [1.54, 1.807) is 0 Å². The second-order valence-electron chi connectivity index (χ2n) is 6.23. The summed E-state index contributed by atoms with van der Waals surface area (Å²) in [5.74, 6) is -0.0696. The van der Waals surface area contributed by atoms with Gasteiger partial charge in [-0.2, -0.15) is 0 Å². The zero-order chi connectivity index (χ0) is 18.8. The molecule has 0 spiro atoms. The lowest BCUT2D eigenvalue weighted by Crippen LogP contribution is -2.32. The minimum atomic E-state index is -0.593. The van der Waals surface area contributed by atoms with Crippen molar-refractivity contribution >= 4 is 29.2 Å². The van der Waals surface area contributed by atoms with Crippen molar-refractivity contribution in [3.63, 3.8) is 0 Å². The Balaban J connectivity index is 1.69. The molecule has 1 saturated heterocycles. The van der Waals surface area contributed by atoms with E-state index in [0.717, 1.165) is 22.4 Å². The molecular weight excluding hydrogens is 346 g/mol. The largest absolute Gasteiger partial charge is 0.385 e. The number of nitrogens with zero attached hydrogens (tertiary/aromatic N) is 3. The van der Waals surface area contributed by atoms with Gasteiger partial charge in [0.05, 0.1) is 5.69 Å². The average Bonchev–Trinajstić information content (AvgIpc) is 3.02. The van der Waals surface area contributed by atoms with E-state index in [2.05, 4.69) is 15.5 Å². The highest BCUT2D eigenvalue weighted by Crippen LogP contribution is 2.29. The molecule has 0 aliphatic carbocycles.